The van der Waals surface area contributed by atoms with E-state index in [2.05, 4.69) is 9.68 Å². The van der Waals surface area contributed by atoms with Gasteiger partial charge >= 0.3 is 0 Å². The monoisotopic (exact) mass is 229 g/mol. The quantitative estimate of drug-likeness (QED) is 0.860. The Morgan fingerprint density at radius 1 is 1.31 bits per heavy atom. The Morgan fingerprint density at radius 2 is 2.06 bits per heavy atom. The molecule has 2 rings (SSSR count). The van der Waals surface area contributed by atoms with Crippen molar-refractivity contribution in [3.8, 4) is 17.1 Å². The number of benzene rings is 1. The van der Waals surface area contributed by atoms with Crippen molar-refractivity contribution in [2.24, 2.45) is 0 Å². The number of rotatable bonds is 2. The van der Waals surface area contributed by atoms with Crippen molar-refractivity contribution in [3.63, 3.8) is 0 Å². The fraction of sp³-hybridized carbons (Fsp3) is 0.100. The zero-order valence-electron chi connectivity index (χ0n) is 7.82. The third-order valence-electron chi connectivity index (χ3n) is 1.99. The molecule has 0 fully saturated rings. The Kier molecular flexibility index (Phi) is 2.55. The molecule has 0 aliphatic carbocycles. The van der Waals surface area contributed by atoms with Gasteiger partial charge in [0.15, 0.2) is 5.76 Å². The molecule has 0 atom stereocenters. The number of alkyl halides is 2. The summed E-state index contributed by atoms with van der Waals surface area (Å²) in [5.74, 6) is -1.39. The van der Waals surface area contributed by atoms with Crippen molar-refractivity contribution in [2.45, 2.75) is 6.43 Å². The van der Waals surface area contributed by atoms with Gasteiger partial charge in [-0.15, -0.1) is 0 Å². The van der Waals surface area contributed by atoms with Crippen LogP contribution in [0.3, 0.4) is 0 Å². The summed E-state index contributed by atoms with van der Waals surface area (Å²) in [6.45, 7) is 0. The van der Waals surface area contributed by atoms with Gasteiger partial charge in [-0.05, 0) is 12.1 Å². The maximum Gasteiger partial charge on any atom is 0.283 e. The number of phenolic OH excluding ortho intramolecular Hbond substituents is 1. The largest absolute Gasteiger partial charge is 0.507 e. The maximum atomic E-state index is 13.3. The second kappa shape index (κ2) is 3.88. The standard InChI is InChI=1S/C10H6F3NO2/c11-5-2-1-3-7(15)9(5)8-4-6(10(12)13)14-16-8/h1-4,10,15H. The minimum atomic E-state index is -2.80. The summed E-state index contributed by atoms with van der Waals surface area (Å²) in [5, 5.41) is 12.4. The van der Waals surface area contributed by atoms with Crippen molar-refractivity contribution in [1.29, 1.82) is 0 Å². The second-order valence-electron chi connectivity index (χ2n) is 3.05. The van der Waals surface area contributed by atoms with E-state index in [0.717, 1.165) is 12.1 Å². The smallest absolute Gasteiger partial charge is 0.283 e. The van der Waals surface area contributed by atoms with Crippen molar-refractivity contribution < 1.29 is 22.8 Å². The van der Waals surface area contributed by atoms with Crippen LogP contribution in [-0.2, 0) is 0 Å². The molecule has 1 aromatic heterocycles. The summed E-state index contributed by atoms with van der Waals surface area (Å²) in [7, 11) is 0. The van der Waals surface area contributed by atoms with Gasteiger partial charge in [0, 0.05) is 6.07 Å². The predicted octanol–water partition coefficient (Wildman–Crippen LogP) is 3.12. The Morgan fingerprint density at radius 3 is 2.62 bits per heavy atom. The van der Waals surface area contributed by atoms with Crippen molar-refractivity contribution in [3.05, 3.63) is 35.8 Å². The normalized spacial score (nSPS) is 11.0. The molecule has 1 aromatic carbocycles. The first-order valence-electron chi connectivity index (χ1n) is 4.32. The molecule has 0 amide bonds. The second-order valence-corrected chi connectivity index (χ2v) is 3.05. The zero-order chi connectivity index (χ0) is 11.7. The van der Waals surface area contributed by atoms with Crippen molar-refractivity contribution in [1.82, 2.24) is 5.16 Å². The summed E-state index contributed by atoms with van der Waals surface area (Å²) in [6, 6.07) is 4.49. The molecule has 2 aromatic rings. The SMILES string of the molecule is Oc1cccc(F)c1-c1cc(C(F)F)no1. The number of halogens is 3. The topological polar surface area (TPSA) is 46.3 Å². The van der Waals surface area contributed by atoms with Gasteiger partial charge in [-0.2, -0.15) is 0 Å². The molecule has 3 nitrogen and oxygen atoms in total. The van der Waals surface area contributed by atoms with Crippen LogP contribution in [0.2, 0.25) is 0 Å². The molecular formula is C10H6F3NO2. The molecule has 0 spiro atoms. The number of hydrogen-bond acceptors (Lipinski definition) is 3. The minimum absolute atomic E-state index is 0.231. The molecule has 0 radical (unpaired) electrons. The van der Waals surface area contributed by atoms with Crippen LogP contribution >= 0.6 is 0 Å². The van der Waals surface area contributed by atoms with Crippen LogP contribution in [0.4, 0.5) is 13.2 Å². The van der Waals surface area contributed by atoms with Crippen LogP contribution in [0.15, 0.2) is 28.8 Å². The summed E-state index contributed by atoms with van der Waals surface area (Å²) in [4.78, 5) is 0. The first-order valence-corrected chi connectivity index (χ1v) is 4.32. The lowest BCUT2D eigenvalue weighted by molar-refractivity contribution is 0.140. The Bertz CT molecular complexity index is 490. The molecule has 0 aliphatic heterocycles. The molecule has 16 heavy (non-hydrogen) atoms. The number of aromatic hydroxyl groups is 1. The predicted molar refractivity (Wildman–Crippen MR) is 48.5 cm³/mol. The fourth-order valence-electron chi connectivity index (χ4n) is 1.27. The summed E-state index contributed by atoms with van der Waals surface area (Å²) in [5.41, 5.74) is -0.875. The van der Waals surface area contributed by atoms with Gasteiger partial charge in [0.1, 0.15) is 17.3 Å². The van der Waals surface area contributed by atoms with Crippen LogP contribution < -0.4 is 0 Å². The molecule has 0 unspecified atom stereocenters. The van der Waals surface area contributed by atoms with Gasteiger partial charge in [-0.25, -0.2) is 13.2 Å². The average molecular weight is 229 g/mol. The fourth-order valence-corrected chi connectivity index (χ4v) is 1.27. The lowest BCUT2D eigenvalue weighted by Gasteiger charge is -2.00. The highest BCUT2D eigenvalue weighted by molar-refractivity contribution is 5.66. The average Bonchev–Trinajstić information content (AvgIpc) is 2.66. The maximum absolute atomic E-state index is 13.3. The highest BCUT2D eigenvalue weighted by atomic mass is 19.3. The van der Waals surface area contributed by atoms with E-state index < -0.39 is 23.7 Å². The lowest BCUT2D eigenvalue weighted by Crippen LogP contribution is -1.83. The summed E-state index contributed by atoms with van der Waals surface area (Å²) in [6.07, 6.45) is -2.80. The molecule has 0 aliphatic rings. The number of hydrogen-bond donors (Lipinski definition) is 1. The molecule has 0 bridgehead atoms. The number of phenols is 1. The first-order chi connectivity index (χ1) is 7.59. The van der Waals surface area contributed by atoms with Crippen LogP contribution in [0.25, 0.3) is 11.3 Å². The number of aromatic nitrogens is 1. The molecule has 1 heterocycles. The molecular weight excluding hydrogens is 223 g/mol. The van der Waals surface area contributed by atoms with E-state index in [1.54, 1.807) is 0 Å². The molecule has 6 heteroatoms. The number of nitrogens with zero attached hydrogens (tertiary/aromatic N) is 1. The molecule has 1 N–H and O–H groups in total. The van der Waals surface area contributed by atoms with E-state index >= 15 is 0 Å². The van der Waals surface area contributed by atoms with Crippen LogP contribution in [0.1, 0.15) is 12.1 Å². The van der Waals surface area contributed by atoms with Gasteiger partial charge in [-0.3, -0.25) is 0 Å². The van der Waals surface area contributed by atoms with Crippen molar-refractivity contribution in [2.75, 3.05) is 0 Å². The Labute approximate surface area is 88.1 Å². The van der Waals surface area contributed by atoms with Gasteiger partial charge in [0.2, 0.25) is 0 Å². The summed E-state index contributed by atoms with van der Waals surface area (Å²) >= 11 is 0. The third-order valence-corrected chi connectivity index (χ3v) is 1.99. The van der Waals surface area contributed by atoms with E-state index in [1.165, 1.54) is 12.1 Å². The van der Waals surface area contributed by atoms with Crippen LogP contribution in [-0.4, -0.2) is 10.3 Å². The zero-order valence-corrected chi connectivity index (χ0v) is 7.82. The molecule has 0 saturated carbocycles. The Balaban J connectivity index is 2.50. The van der Waals surface area contributed by atoms with E-state index in [0.29, 0.717) is 0 Å². The van der Waals surface area contributed by atoms with Gasteiger partial charge in [0.05, 0.1) is 5.56 Å². The van der Waals surface area contributed by atoms with Crippen molar-refractivity contribution >= 4 is 0 Å². The van der Waals surface area contributed by atoms with Crippen LogP contribution in [0.5, 0.6) is 5.75 Å². The van der Waals surface area contributed by atoms with Crippen LogP contribution in [0, 0.1) is 5.82 Å². The van der Waals surface area contributed by atoms with E-state index in [1.807, 2.05) is 0 Å². The highest BCUT2D eigenvalue weighted by Gasteiger charge is 2.19. The first kappa shape index (κ1) is 10.5. The Hall–Kier alpha value is -1.98. The van der Waals surface area contributed by atoms with Gasteiger partial charge in [-0.1, -0.05) is 11.2 Å². The van der Waals surface area contributed by atoms with Gasteiger partial charge in [0.25, 0.3) is 6.43 Å². The minimum Gasteiger partial charge on any atom is -0.507 e. The van der Waals surface area contributed by atoms with E-state index in [-0.39, 0.29) is 11.3 Å². The van der Waals surface area contributed by atoms with E-state index in [9.17, 15) is 18.3 Å². The lowest BCUT2D eigenvalue weighted by atomic mass is 10.1. The van der Waals surface area contributed by atoms with E-state index in [4.69, 9.17) is 0 Å². The van der Waals surface area contributed by atoms with Gasteiger partial charge < -0.3 is 9.63 Å². The highest BCUT2D eigenvalue weighted by Crippen LogP contribution is 2.33. The molecule has 0 saturated heterocycles. The third kappa shape index (κ3) is 1.73. The summed E-state index contributed by atoms with van der Waals surface area (Å²) < 4.78 is 42.3. The molecule has 84 valence electrons.